The Bertz CT molecular complexity index is 579. The molecule has 0 aromatic carbocycles. The van der Waals surface area contributed by atoms with E-state index >= 15 is 0 Å². The molecule has 4 fully saturated rings. The lowest BCUT2D eigenvalue weighted by atomic mass is 9.44. The molecule has 0 aromatic heterocycles. The van der Waals surface area contributed by atoms with Crippen molar-refractivity contribution in [3.8, 4) is 0 Å². The van der Waals surface area contributed by atoms with Gasteiger partial charge in [0.05, 0.1) is 0 Å². The molecule has 0 radical (unpaired) electrons. The fourth-order valence-electron chi connectivity index (χ4n) is 9.07. The quantitative estimate of drug-likeness (QED) is 0.473. The minimum atomic E-state index is 0.471. The molecule has 4 saturated carbocycles. The molecule has 0 aliphatic heterocycles. The predicted octanol–water partition coefficient (Wildman–Crippen LogP) is 7.68. The average Bonchev–Trinajstić information content (AvgIpc) is 2.99. The van der Waals surface area contributed by atoms with E-state index in [4.69, 9.17) is 0 Å². The van der Waals surface area contributed by atoms with Crippen molar-refractivity contribution in [1.82, 2.24) is 0 Å². The molecule has 0 saturated heterocycles. The normalized spacial score (nSPS) is 46.8. The highest BCUT2D eigenvalue weighted by atomic mass is 16.1. The van der Waals surface area contributed by atoms with Gasteiger partial charge in [0.2, 0.25) is 0 Å². The highest BCUT2D eigenvalue weighted by Crippen LogP contribution is 2.68. The second-order valence-corrected chi connectivity index (χ2v) is 12.4. The molecular weight excluding hydrogens is 340 g/mol. The molecule has 0 amide bonds. The number of ketones is 1. The zero-order valence-corrected chi connectivity index (χ0v) is 19.4. The van der Waals surface area contributed by atoms with Crippen molar-refractivity contribution in [1.29, 1.82) is 0 Å². The van der Waals surface area contributed by atoms with Crippen molar-refractivity contribution in [3.63, 3.8) is 0 Å². The molecule has 0 heterocycles. The maximum Gasteiger partial charge on any atom is 0.133 e. The van der Waals surface area contributed by atoms with Crippen molar-refractivity contribution < 1.29 is 4.79 Å². The Balaban J connectivity index is 1.47. The highest BCUT2D eigenvalue weighted by Gasteiger charge is 2.60. The zero-order chi connectivity index (χ0) is 20.1. The number of hydrogen-bond donors (Lipinski definition) is 0. The molecule has 0 bridgehead atoms. The summed E-state index contributed by atoms with van der Waals surface area (Å²) in [5, 5.41) is 0. The standard InChI is InChI=1S/C27H46O/c1-18(2)7-6-8-19(3)23-11-12-24-22-10-9-20-17-21(28)13-15-26(20,4)25(22)14-16-27(23,24)5/h18-20,22-25H,6-17H2,1-5H3/t19?,20-,22?,23?,24?,25?,26-,27+/m0/s1. The van der Waals surface area contributed by atoms with E-state index < -0.39 is 0 Å². The molecule has 0 aromatic rings. The van der Waals surface area contributed by atoms with Crippen LogP contribution in [0.2, 0.25) is 0 Å². The Morgan fingerprint density at radius 3 is 2.39 bits per heavy atom. The van der Waals surface area contributed by atoms with Crippen LogP contribution in [0, 0.1) is 52.3 Å². The van der Waals surface area contributed by atoms with Crippen LogP contribution in [0.15, 0.2) is 0 Å². The van der Waals surface area contributed by atoms with Crippen molar-refractivity contribution in [2.24, 2.45) is 52.3 Å². The SMILES string of the molecule is CC(C)CCCC(C)C1CCC2C3CC[C@H]4CC(=O)CC[C@]4(C)C3CC[C@]12C. The topological polar surface area (TPSA) is 17.1 Å². The van der Waals surface area contributed by atoms with E-state index in [9.17, 15) is 4.79 Å². The first kappa shape index (κ1) is 20.9. The molecule has 0 N–H and O–H groups in total. The van der Waals surface area contributed by atoms with Crippen LogP contribution in [0.3, 0.4) is 0 Å². The van der Waals surface area contributed by atoms with Gasteiger partial charge in [-0.3, -0.25) is 4.79 Å². The Labute approximate surface area is 174 Å². The number of carbonyl (C=O) groups excluding carboxylic acids is 1. The second-order valence-electron chi connectivity index (χ2n) is 12.4. The number of Topliss-reactive ketones (excluding diaryl/α,β-unsaturated/α-hetero) is 1. The molecule has 0 spiro atoms. The van der Waals surface area contributed by atoms with Gasteiger partial charge >= 0.3 is 0 Å². The summed E-state index contributed by atoms with van der Waals surface area (Å²) >= 11 is 0. The third kappa shape index (κ3) is 3.41. The van der Waals surface area contributed by atoms with E-state index in [-0.39, 0.29) is 0 Å². The number of rotatable bonds is 5. The maximum atomic E-state index is 12.1. The fraction of sp³-hybridized carbons (Fsp3) is 0.963. The van der Waals surface area contributed by atoms with Crippen molar-refractivity contribution in [2.45, 2.75) is 112 Å². The largest absolute Gasteiger partial charge is 0.300 e. The number of carbonyl (C=O) groups is 1. The lowest BCUT2D eigenvalue weighted by Gasteiger charge is -2.60. The third-order valence-electron chi connectivity index (χ3n) is 10.7. The van der Waals surface area contributed by atoms with Gasteiger partial charge in [0.25, 0.3) is 0 Å². The van der Waals surface area contributed by atoms with Crippen LogP contribution >= 0.6 is 0 Å². The summed E-state index contributed by atoms with van der Waals surface area (Å²) in [4.78, 5) is 12.1. The third-order valence-corrected chi connectivity index (χ3v) is 10.7. The van der Waals surface area contributed by atoms with E-state index in [1.807, 2.05) is 0 Å². The second kappa shape index (κ2) is 7.73. The first-order valence-electron chi connectivity index (χ1n) is 12.8. The summed E-state index contributed by atoms with van der Waals surface area (Å²) in [5.74, 6) is 6.82. The summed E-state index contributed by atoms with van der Waals surface area (Å²) in [6.07, 6.45) is 15.9. The van der Waals surface area contributed by atoms with Crippen LogP contribution in [0.5, 0.6) is 0 Å². The van der Waals surface area contributed by atoms with Gasteiger partial charge in [0.15, 0.2) is 0 Å². The predicted molar refractivity (Wildman–Crippen MR) is 118 cm³/mol. The summed E-state index contributed by atoms with van der Waals surface area (Å²) < 4.78 is 0. The molecule has 1 heteroatoms. The summed E-state index contributed by atoms with van der Waals surface area (Å²) in [7, 11) is 0. The van der Waals surface area contributed by atoms with Gasteiger partial charge in [-0.1, -0.05) is 53.9 Å². The van der Waals surface area contributed by atoms with E-state index in [2.05, 4.69) is 34.6 Å². The fourth-order valence-corrected chi connectivity index (χ4v) is 9.07. The molecule has 4 aliphatic rings. The van der Waals surface area contributed by atoms with Gasteiger partial charge in [-0.25, -0.2) is 0 Å². The minimum absolute atomic E-state index is 0.471. The molecule has 160 valence electrons. The first-order valence-corrected chi connectivity index (χ1v) is 12.8. The highest BCUT2D eigenvalue weighted by molar-refractivity contribution is 5.79. The monoisotopic (exact) mass is 386 g/mol. The maximum absolute atomic E-state index is 12.1. The van der Waals surface area contributed by atoms with Crippen LogP contribution in [0.1, 0.15) is 112 Å². The van der Waals surface area contributed by atoms with Gasteiger partial charge < -0.3 is 0 Å². The summed E-state index contributed by atoms with van der Waals surface area (Å²) in [6.45, 7) is 12.6. The van der Waals surface area contributed by atoms with E-state index in [0.717, 1.165) is 48.3 Å². The molecule has 28 heavy (non-hydrogen) atoms. The van der Waals surface area contributed by atoms with Crippen LogP contribution in [-0.2, 0) is 4.79 Å². The number of fused-ring (bicyclic) bond motifs is 5. The molecule has 4 rings (SSSR count). The molecular formula is C27H46O. The van der Waals surface area contributed by atoms with E-state index in [1.54, 1.807) is 0 Å². The van der Waals surface area contributed by atoms with Gasteiger partial charge in [0, 0.05) is 12.8 Å². The van der Waals surface area contributed by atoms with Crippen molar-refractivity contribution in [2.75, 3.05) is 0 Å². The lowest BCUT2D eigenvalue weighted by molar-refractivity contribution is -0.140. The zero-order valence-electron chi connectivity index (χ0n) is 19.4. The molecule has 4 aliphatic carbocycles. The molecule has 1 nitrogen and oxygen atoms in total. The van der Waals surface area contributed by atoms with Crippen LogP contribution in [0.4, 0.5) is 0 Å². The Morgan fingerprint density at radius 1 is 0.893 bits per heavy atom. The van der Waals surface area contributed by atoms with E-state index in [1.165, 1.54) is 64.2 Å². The Hall–Kier alpha value is -0.330. The van der Waals surface area contributed by atoms with Gasteiger partial charge in [-0.05, 0) is 97.2 Å². The number of hydrogen-bond acceptors (Lipinski definition) is 1. The van der Waals surface area contributed by atoms with Crippen LogP contribution in [-0.4, -0.2) is 5.78 Å². The molecule has 8 atom stereocenters. The van der Waals surface area contributed by atoms with Gasteiger partial charge in [-0.15, -0.1) is 0 Å². The van der Waals surface area contributed by atoms with E-state index in [0.29, 0.717) is 22.5 Å². The van der Waals surface area contributed by atoms with Crippen LogP contribution in [0.25, 0.3) is 0 Å². The Kier molecular flexibility index (Phi) is 5.78. The smallest absolute Gasteiger partial charge is 0.133 e. The molecule has 5 unspecified atom stereocenters. The van der Waals surface area contributed by atoms with Crippen LogP contribution < -0.4 is 0 Å². The minimum Gasteiger partial charge on any atom is -0.300 e. The first-order chi connectivity index (χ1) is 13.3. The lowest BCUT2D eigenvalue weighted by Crippen LogP contribution is -2.53. The van der Waals surface area contributed by atoms with Crippen molar-refractivity contribution in [3.05, 3.63) is 0 Å². The average molecular weight is 387 g/mol. The summed E-state index contributed by atoms with van der Waals surface area (Å²) in [6, 6.07) is 0. The van der Waals surface area contributed by atoms with Gasteiger partial charge in [-0.2, -0.15) is 0 Å². The summed E-state index contributed by atoms with van der Waals surface area (Å²) in [5.41, 5.74) is 1.07. The Morgan fingerprint density at radius 2 is 1.64 bits per heavy atom. The van der Waals surface area contributed by atoms with Crippen molar-refractivity contribution >= 4 is 5.78 Å². The van der Waals surface area contributed by atoms with Gasteiger partial charge in [0.1, 0.15) is 5.78 Å².